The Bertz CT molecular complexity index is 859. The van der Waals surface area contributed by atoms with Gasteiger partial charge in [0, 0.05) is 22.3 Å². The van der Waals surface area contributed by atoms with Gasteiger partial charge in [0.05, 0.1) is 4.90 Å². The van der Waals surface area contributed by atoms with Gasteiger partial charge >= 0.3 is 0 Å². The molecule has 0 aromatic heterocycles. The molecule has 1 amide bonds. The van der Waals surface area contributed by atoms with E-state index >= 15 is 0 Å². The predicted octanol–water partition coefficient (Wildman–Crippen LogP) is 4.20. The third kappa shape index (κ3) is 4.84. The van der Waals surface area contributed by atoms with E-state index in [0.29, 0.717) is 16.3 Å². The summed E-state index contributed by atoms with van der Waals surface area (Å²) in [6.07, 6.45) is 5.02. The molecular weight excluding hydrogens is 372 g/mol. The van der Waals surface area contributed by atoms with Crippen LogP contribution in [0.1, 0.15) is 42.5 Å². The molecule has 0 saturated heterocycles. The van der Waals surface area contributed by atoms with Gasteiger partial charge in [0.15, 0.2) is 0 Å². The van der Waals surface area contributed by atoms with E-state index in [1.54, 1.807) is 24.3 Å². The van der Waals surface area contributed by atoms with Crippen molar-refractivity contribution in [2.45, 2.75) is 43.0 Å². The van der Waals surface area contributed by atoms with Gasteiger partial charge < -0.3 is 5.32 Å². The zero-order chi connectivity index (χ0) is 18.6. The Hall–Kier alpha value is -1.89. The summed E-state index contributed by atoms with van der Waals surface area (Å²) in [5, 5.41) is 3.33. The molecule has 0 aliphatic heterocycles. The molecule has 0 atom stereocenters. The van der Waals surface area contributed by atoms with Gasteiger partial charge in [-0.3, -0.25) is 4.79 Å². The van der Waals surface area contributed by atoms with E-state index in [2.05, 4.69) is 10.0 Å². The first-order valence-corrected chi connectivity index (χ1v) is 10.5. The molecule has 1 saturated carbocycles. The first-order valence-electron chi connectivity index (χ1n) is 8.63. The topological polar surface area (TPSA) is 75.3 Å². The van der Waals surface area contributed by atoms with E-state index in [1.165, 1.54) is 24.3 Å². The Labute approximate surface area is 158 Å². The SMILES string of the molecule is O=C(Nc1ccc(Cl)cc1)c1ccc(S(=O)(=O)NC2CCCCC2)cc1. The number of hydrogen-bond donors (Lipinski definition) is 2. The maximum Gasteiger partial charge on any atom is 0.255 e. The van der Waals surface area contributed by atoms with Gasteiger partial charge in [-0.2, -0.15) is 0 Å². The van der Waals surface area contributed by atoms with E-state index in [1.807, 2.05) is 0 Å². The molecule has 138 valence electrons. The molecule has 0 heterocycles. The quantitative estimate of drug-likeness (QED) is 0.800. The lowest BCUT2D eigenvalue weighted by atomic mass is 9.96. The van der Waals surface area contributed by atoms with Crippen LogP contribution in [0.4, 0.5) is 5.69 Å². The van der Waals surface area contributed by atoms with Crippen molar-refractivity contribution in [2.24, 2.45) is 0 Å². The van der Waals surface area contributed by atoms with Crippen molar-refractivity contribution in [3.05, 3.63) is 59.1 Å². The number of carbonyl (C=O) groups excluding carboxylic acids is 1. The van der Waals surface area contributed by atoms with Crippen molar-refractivity contribution in [2.75, 3.05) is 5.32 Å². The average Bonchev–Trinajstić information content (AvgIpc) is 2.64. The number of benzene rings is 2. The van der Waals surface area contributed by atoms with Gasteiger partial charge in [-0.25, -0.2) is 13.1 Å². The van der Waals surface area contributed by atoms with Crippen LogP contribution in [0.5, 0.6) is 0 Å². The smallest absolute Gasteiger partial charge is 0.255 e. The van der Waals surface area contributed by atoms with Crippen molar-refractivity contribution in [3.63, 3.8) is 0 Å². The van der Waals surface area contributed by atoms with Gasteiger partial charge in [-0.15, -0.1) is 0 Å². The standard InChI is InChI=1S/C19H21ClN2O3S/c20-15-8-10-16(11-9-15)21-19(23)14-6-12-18(13-7-14)26(24,25)22-17-4-2-1-3-5-17/h6-13,17,22H,1-5H2,(H,21,23). The molecule has 0 radical (unpaired) electrons. The zero-order valence-electron chi connectivity index (χ0n) is 14.2. The Morgan fingerprint density at radius 2 is 1.54 bits per heavy atom. The van der Waals surface area contributed by atoms with Crippen molar-refractivity contribution in [1.29, 1.82) is 0 Å². The van der Waals surface area contributed by atoms with E-state index in [9.17, 15) is 13.2 Å². The molecule has 1 aliphatic carbocycles. The Morgan fingerprint density at radius 3 is 2.15 bits per heavy atom. The van der Waals surface area contributed by atoms with Crippen LogP contribution in [0, 0.1) is 0 Å². The normalized spacial score (nSPS) is 15.6. The molecule has 0 bridgehead atoms. The highest BCUT2D eigenvalue weighted by Gasteiger charge is 2.22. The molecule has 2 aromatic carbocycles. The number of rotatable bonds is 5. The number of nitrogens with one attached hydrogen (secondary N) is 2. The van der Waals surface area contributed by atoms with Crippen LogP contribution in [0.2, 0.25) is 5.02 Å². The van der Waals surface area contributed by atoms with E-state index in [4.69, 9.17) is 11.6 Å². The maximum atomic E-state index is 12.5. The zero-order valence-corrected chi connectivity index (χ0v) is 15.8. The van der Waals surface area contributed by atoms with Gasteiger partial charge in [-0.05, 0) is 61.4 Å². The van der Waals surface area contributed by atoms with Crippen molar-refractivity contribution < 1.29 is 13.2 Å². The Balaban J connectivity index is 1.67. The fourth-order valence-electron chi connectivity index (χ4n) is 3.03. The number of anilines is 1. The van der Waals surface area contributed by atoms with Crippen LogP contribution in [0.3, 0.4) is 0 Å². The first kappa shape index (κ1) is 18.9. The first-order chi connectivity index (χ1) is 12.4. The monoisotopic (exact) mass is 392 g/mol. The lowest BCUT2D eigenvalue weighted by Gasteiger charge is -2.22. The van der Waals surface area contributed by atoms with Gasteiger partial charge in [0.25, 0.3) is 5.91 Å². The van der Waals surface area contributed by atoms with Crippen LogP contribution in [0.15, 0.2) is 53.4 Å². The molecule has 7 heteroatoms. The second-order valence-electron chi connectivity index (χ2n) is 6.44. The number of hydrogen-bond acceptors (Lipinski definition) is 3. The van der Waals surface area contributed by atoms with E-state index in [0.717, 1.165) is 32.1 Å². The van der Waals surface area contributed by atoms with Gasteiger partial charge in [-0.1, -0.05) is 30.9 Å². The van der Waals surface area contributed by atoms with Crippen molar-refractivity contribution in [1.82, 2.24) is 4.72 Å². The number of halogens is 1. The summed E-state index contributed by atoms with van der Waals surface area (Å²) in [5.41, 5.74) is 1.01. The molecule has 3 rings (SSSR count). The van der Waals surface area contributed by atoms with Crippen LogP contribution in [-0.2, 0) is 10.0 Å². The third-order valence-electron chi connectivity index (χ3n) is 4.46. The van der Waals surface area contributed by atoms with Crippen LogP contribution in [-0.4, -0.2) is 20.4 Å². The Morgan fingerprint density at radius 1 is 0.923 bits per heavy atom. The second-order valence-corrected chi connectivity index (χ2v) is 8.59. The molecule has 0 unspecified atom stereocenters. The minimum Gasteiger partial charge on any atom is -0.322 e. The largest absolute Gasteiger partial charge is 0.322 e. The fraction of sp³-hybridized carbons (Fsp3) is 0.316. The highest BCUT2D eigenvalue weighted by Crippen LogP contribution is 2.20. The van der Waals surface area contributed by atoms with Gasteiger partial charge in [0.1, 0.15) is 0 Å². The van der Waals surface area contributed by atoms with Crippen LogP contribution < -0.4 is 10.0 Å². The minimum absolute atomic E-state index is 0.00151. The third-order valence-corrected chi connectivity index (χ3v) is 6.24. The predicted molar refractivity (Wildman–Crippen MR) is 103 cm³/mol. The van der Waals surface area contributed by atoms with Crippen molar-refractivity contribution in [3.8, 4) is 0 Å². The molecule has 26 heavy (non-hydrogen) atoms. The summed E-state index contributed by atoms with van der Waals surface area (Å²) in [5.74, 6) is -0.309. The molecule has 5 nitrogen and oxygen atoms in total. The second kappa shape index (κ2) is 8.20. The molecule has 1 aliphatic rings. The Kier molecular flexibility index (Phi) is 5.96. The average molecular weight is 393 g/mol. The van der Waals surface area contributed by atoms with Crippen LogP contribution >= 0.6 is 11.6 Å². The van der Waals surface area contributed by atoms with E-state index < -0.39 is 10.0 Å². The summed E-state index contributed by atoms with van der Waals surface area (Å²) in [7, 11) is -3.56. The number of carbonyl (C=O) groups is 1. The van der Waals surface area contributed by atoms with Crippen LogP contribution in [0.25, 0.3) is 0 Å². The lowest BCUT2D eigenvalue weighted by molar-refractivity contribution is 0.102. The van der Waals surface area contributed by atoms with E-state index in [-0.39, 0.29) is 16.8 Å². The fourth-order valence-corrected chi connectivity index (χ4v) is 4.46. The van der Waals surface area contributed by atoms with Crippen molar-refractivity contribution >= 4 is 33.2 Å². The summed E-state index contributed by atoms with van der Waals surface area (Å²) in [6, 6.07) is 12.7. The molecule has 2 N–H and O–H groups in total. The highest BCUT2D eigenvalue weighted by molar-refractivity contribution is 7.89. The highest BCUT2D eigenvalue weighted by atomic mass is 35.5. The summed E-state index contributed by atoms with van der Waals surface area (Å²) < 4.78 is 27.7. The molecule has 2 aromatic rings. The summed E-state index contributed by atoms with van der Waals surface area (Å²) >= 11 is 5.82. The number of amides is 1. The number of sulfonamides is 1. The molecular formula is C19H21ClN2O3S. The minimum atomic E-state index is -3.56. The molecule has 0 spiro atoms. The lowest BCUT2D eigenvalue weighted by Crippen LogP contribution is -2.36. The summed E-state index contributed by atoms with van der Waals surface area (Å²) in [4.78, 5) is 12.4. The summed E-state index contributed by atoms with van der Waals surface area (Å²) in [6.45, 7) is 0. The van der Waals surface area contributed by atoms with Gasteiger partial charge in [0.2, 0.25) is 10.0 Å². The maximum absolute atomic E-state index is 12.5. The molecule has 1 fully saturated rings.